The smallest absolute Gasteiger partial charge is 0.270 e. The molecule has 0 aliphatic rings. The van der Waals surface area contributed by atoms with E-state index in [0.29, 0.717) is 10.2 Å². The van der Waals surface area contributed by atoms with Crippen LogP contribution in [0.4, 0.5) is 11.4 Å². The number of nitrogens with one attached hydrogen (secondary N) is 1. The van der Waals surface area contributed by atoms with E-state index < -0.39 is 4.92 Å². The fraction of sp³-hybridized carbons (Fsp3) is 0.364. The van der Waals surface area contributed by atoms with Crippen molar-refractivity contribution >= 4 is 33.2 Å². The highest BCUT2D eigenvalue weighted by Gasteiger charge is 2.11. The van der Waals surface area contributed by atoms with Crippen LogP contribution in [-0.2, 0) is 9.53 Å². The molecule has 1 aromatic carbocycles. The molecule has 0 unspecified atom stereocenters. The lowest BCUT2D eigenvalue weighted by molar-refractivity contribution is -0.384. The molecule has 7 heteroatoms. The van der Waals surface area contributed by atoms with Crippen LogP contribution >= 0.6 is 15.9 Å². The molecule has 0 heterocycles. The molecule has 1 rings (SSSR count). The second-order valence-electron chi connectivity index (χ2n) is 3.83. The molecule has 0 fully saturated rings. The van der Waals surface area contributed by atoms with Gasteiger partial charge < -0.3 is 10.1 Å². The number of benzene rings is 1. The number of anilines is 1. The first-order valence-corrected chi connectivity index (χ1v) is 6.05. The second-order valence-corrected chi connectivity index (χ2v) is 4.68. The Morgan fingerprint density at radius 3 is 2.72 bits per heavy atom. The van der Waals surface area contributed by atoms with Gasteiger partial charge in [-0.2, -0.15) is 0 Å². The van der Waals surface area contributed by atoms with E-state index >= 15 is 0 Å². The van der Waals surface area contributed by atoms with Gasteiger partial charge in [0.2, 0.25) is 5.91 Å². The lowest BCUT2D eigenvalue weighted by Crippen LogP contribution is -2.20. The molecule has 1 aromatic rings. The van der Waals surface area contributed by atoms with Crippen LogP contribution in [0.2, 0.25) is 0 Å². The van der Waals surface area contributed by atoms with E-state index in [1.807, 2.05) is 13.8 Å². The van der Waals surface area contributed by atoms with Crippen molar-refractivity contribution in [3.63, 3.8) is 0 Å². The number of carbonyl (C=O) groups excluding carboxylic acids is 1. The molecule has 0 aliphatic heterocycles. The lowest BCUT2D eigenvalue weighted by Gasteiger charge is -2.09. The van der Waals surface area contributed by atoms with Gasteiger partial charge in [-0.15, -0.1) is 0 Å². The molecular weight excluding hydrogens is 304 g/mol. The van der Waals surface area contributed by atoms with E-state index in [-0.39, 0.29) is 24.3 Å². The highest BCUT2D eigenvalue weighted by Crippen LogP contribution is 2.26. The first kappa shape index (κ1) is 14.6. The number of hydrogen-bond donors (Lipinski definition) is 1. The number of amides is 1. The quantitative estimate of drug-likeness (QED) is 0.669. The van der Waals surface area contributed by atoms with Gasteiger partial charge in [0.1, 0.15) is 6.61 Å². The van der Waals surface area contributed by atoms with Crippen molar-refractivity contribution in [2.24, 2.45) is 0 Å². The summed E-state index contributed by atoms with van der Waals surface area (Å²) in [6, 6.07) is 4.12. The van der Waals surface area contributed by atoms with Gasteiger partial charge in [-0.25, -0.2) is 0 Å². The number of nitro benzene ring substituents is 1. The highest BCUT2D eigenvalue weighted by atomic mass is 79.9. The number of non-ortho nitro benzene ring substituents is 1. The van der Waals surface area contributed by atoms with Gasteiger partial charge in [0.05, 0.1) is 16.7 Å². The van der Waals surface area contributed by atoms with Crippen LogP contribution in [0.25, 0.3) is 0 Å². The standard InChI is InChI=1S/C11H13BrN2O4/c1-7(2)18-6-11(15)13-10-4-3-8(14(16)17)5-9(10)12/h3-5,7H,6H2,1-2H3,(H,13,15). The van der Waals surface area contributed by atoms with Crippen molar-refractivity contribution in [3.05, 3.63) is 32.8 Å². The molecule has 0 aliphatic carbocycles. The van der Waals surface area contributed by atoms with Crippen molar-refractivity contribution in [2.75, 3.05) is 11.9 Å². The van der Waals surface area contributed by atoms with Gasteiger partial charge >= 0.3 is 0 Å². The maximum Gasteiger partial charge on any atom is 0.270 e. The molecule has 0 saturated heterocycles. The maximum atomic E-state index is 11.5. The van der Waals surface area contributed by atoms with Crippen LogP contribution in [0.15, 0.2) is 22.7 Å². The molecule has 0 bridgehead atoms. The Bertz CT molecular complexity index is 462. The number of rotatable bonds is 5. The predicted molar refractivity (Wildman–Crippen MR) is 70.5 cm³/mol. The predicted octanol–water partition coefficient (Wildman–Crippen LogP) is 2.72. The van der Waals surface area contributed by atoms with Crippen molar-refractivity contribution < 1.29 is 14.5 Å². The average molecular weight is 317 g/mol. The molecule has 0 saturated carbocycles. The minimum absolute atomic E-state index is 0.0314. The number of ether oxygens (including phenoxy) is 1. The van der Waals surface area contributed by atoms with E-state index in [1.54, 1.807) is 0 Å². The van der Waals surface area contributed by atoms with Crippen molar-refractivity contribution in [3.8, 4) is 0 Å². The topological polar surface area (TPSA) is 81.5 Å². The van der Waals surface area contributed by atoms with E-state index in [9.17, 15) is 14.9 Å². The van der Waals surface area contributed by atoms with Gasteiger partial charge in [-0.05, 0) is 35.8 Å². The lowest BCUT2D eigenvalue weighted by atomic mass is 10.3. The summed E-state index contributed by atoms with van der Waals surface area (Å²) < 4.78 is 5.60. The molecule has 1 amide bonds. The molecule has 18 heavy (non-hydrogen) atoms. The van der Waals surface area contributed by atoms with Crippen LogP contribution in [0.3, 0.4) is 0 Å². The van der Waals surface area contributed by atoms with E-state index in [4.69, 9.17) is 4.74 Å². The van der Waals surface area contributed by atoms with Crippen molar-refractivity contribution in [1.29, 1.82) is 0 Å². The summed E-state index contributed by atoms with van der Waals surface area (Å²) in [6.07, 6.45) is -0.0314. The monoisotopic (exact) mass is 316 g/mol. The third kappa shape index (κ3) is 4.42. The summed E-state index contributed by atoms with van der Waals surface area (Å²) in [6.45, 7) is 3.60. The molecular formula is C11H13BrN2O4. The first-order chi connectivity index (χ1) is 8.40. The van der Waals surface area contributed by atoms with Gasteiger partial charge in [0.15, 0.2) is 0 Å². The molecule has 6 nitrogen and oxygen atoms in total. The number of hydrogen-bond acceptors (Lipinski definition) is 4. The third-order valence-corrected chi connectivity index (χ3v) is 2.64. The Morgan fingerprint density at radius 2 is 2.22 bits per heavy atom. The zero-order chi connectivity index (χ0) is 13.7. The maximum absolute atomic E-state index is 11.5. The number of nitro groups is 1. The second kappa shape index (κ2) is 6.46. The molecule has 0 aromatic heterocycles. The summed E-state index contributed by atoms with van der Waals surface area (Å²) in [7, 11) is 0. The fourth-order valence-corrected chi connectivity index (χ4v) is 1.61. The molecule has 98 valence electrons. The van der Waals surface area contributed by atoms with E-state index in [2.05, 4.69) is 21.2 Å². The number of nitrogens with zero attached hydrogens (tertiary/aromatic N) is 1. The summed E-state index contributed by atoms with van der Waals surface area (Å²) in [5, 5.41) is 13.1. The van der Waals surface area contributed by atoms with Crippen LogP contribution in [0.5, 0.6) is 0 Å². The Kier molecular flexibility index (Phi) is 5.24. The molecule has 0 spiro atoms. The van der Waals surface area contributed by atoms with Gasteiger partial charge in [-0.1, -0.05) is 0 Å². The summed E-state index contributed by atoms with van der Waals surface area (Å²) in [5.74, 6) is -0.307. The Hall–Kier alpha value is -1.47. The Morgan fingerprint density at radius 1 is 1.56 bits per heavy atom. The van der Waals surface area contributed by atoms with Crippen LogP contribution in [0, 0.1) is 10.1 Å². The Balaban J connectivity index is 2.68. The SMILES string of the molecule is CC(C)OCC(=O)Nc1ccc([N+](=O)[O-])cc1Br. The van der Waals surface area contributed by atoms with Gasteiger partial charge in [-0.3, -0.25) is 14.9 Å². The Labute approximate surface area is 113 Å². The largest absolute Gasteiger partial charge is 0.369 e. The zero-order valence-corrected chi connectivity index (χ0v) is 11.6. The van der Waals surface area contributed by atoms with Crippen LogP contribution in [-0.4, -0.2) is 23.5 Å². The van der Waals surface area contributed by atoms with Gasteiger partial charge in [0.25, 0.3) is 5.69 Å². The van der Waals surface area contributed by atoms with Crippen LogP contribution < -0.4 is 5.32 Å². The highest BCUT2D eigenvalue weighted by molar-refractivity contribution is 9.10. The normalized spacial score (nSPS) is 10.4. The minimum atomic E-state index is -0.502. The summed E-state index contributed by atoms with van der Waals surface area (Å²) in [4.78, 5) is 21.5. The summed E-state index contributed by atoms with van der Waals surface area (Å²) in [5.41, 5.74) is 0.427. The molecule has 1 N–H and O–H groups in total. The first-order valence-electron chi connectivity index (χ1n) is 5.25. The van der Waals surface area contributed by atoms with Crippen molar-refractivity contribution in [2.45, 2.75) is 20.0 Å². The van der Waals surface area contributed by atoms with Crippen molar-refractivity contribution in [1.82, 2.24) is 0 Å². The number of halogens is 1. The fourth-order valence-electron chi connectivity index (χ4n) is 1.15. The average Bonchev–Trinajstić information content (AvgIpc) is 2.29. The van der Waals surface area contributed by atoms with E-state index in [0.717, 1.165) is 0 Å². The third-order valence-electron chi connectivity index (χ3n) is 1.99. The summed E-state index contributed by atoms with van der Waals surface area (Å²) >= 11 is 3.16. The number of carbonyl (C=O) groups is 1. The van der Waals surface area contributed by atoms with E-state index in [1.165, 1.54) is 18.2 Å². The van der Waals surface area contributed by atoms with Gasteiger partial charge in [0, 0.05) is 16.6 Å². The molecule has 0 atom stereocenters. The van der Waals surface area contributed by atoms with Crippen LogP contribution in [0.1, 0.15) is 13.8 Å². The zero-order valence-electron chi connectivity index (χ0n) is 9.97. The molecule has 0 radical (unpaired) electrons. The minimum Gasteiger partial charge on any atom is -0.369 e.